The van der Waals surface area contributed by atoms with Crippen molar-refractivity contribution < 1.29 is 10.2 Å². The molecule has 14 heavy (non-hydrogen) atoms. The monoisotopic (exact) mass is 260 g/mol. The second kappa shape index (κ2) is 5.41. The van der Waals surface area contributed by atoms with Gasteiger partial charge in [0.15, 0.2) is 0 Å². The van der Waals surface area contributed by atoms with Gasteiger partial charge in [0.2, 0.25) is 0 Å². The first-order valence-electron chi connectivity index (χ1n) is 4.27. The quantitative estimate of drug-likeness (QED) is 0.736. The summed E-state index contributed by atoms with van der Waals surface area (Å²) in [7, 11) is 1.71. The van der Waals surface area contributed by atoms with Crippen molar-refractivity contribution in [1.82, 2.24) is 10.3 Å². The van der Waals surface area contributed by atoms with E-state index in [1.54, 1.807) is 25.4 Å². The molecule has 0 amide bonds. The Morgan fingerprint density at radius 2 is 2.21 bits per heavy atom. The largest absolute Gasteiger partial charge is 0.389 e. The average molecular weight is 261 g/mol. The molecule has 1 heterocycles. The molecule has 78 valence electrons. The summed E-state index contributed by atoms with van der Waals surface area (Å²) >= 11 is 3.24. The maximum absolute atomic E-state index is 9.64. The van der Waals surface area contributed by atoms with E-state index in [2.05, 4.69) is 26.2 Å². The molecule has 1 aromatic heterocycles. The van der Waals surface area contributed by atoms with Crippen molar-refractivity contribution in [3.8, 4) is 0 Å². The number of aromatic nitrogens is 1. The highest BCUT2D eigenvalue weighted by molar-refractivity contribution is 9.10. The van der Waals surface area contributed by atoms with E-state index < -0.39 is 12.2 Å². The highest BCUT2D eigenvalue weighted by Gasteiger charge is 2.18. The van der Waals surface area contributed by atoms with E-state index in [0.29, 0.717) is 12.2 Å². The van der Waals surface area contributed by atoms with Crippen molar-refractivity contribution in [3.63, 3.8) is 0 Å². The van der Waals surface area contributed by atoms with Crippen LogP contribution in [0.3, 0.4) is 0 Å². The van der Waals surface area contributed by atoms with E-state index in [1.165, 1.54) is 0 Å². The van der Waals surface area contributed by atoms with Gasteiger partial charge in [0.05, 0.1) is 11.8 Å². The Morgan fingerprint density at radius 3 is 2.71 bits per heavy atom. The van der Waals surface area contributed by atoms with Crippen LogP contribution < -0.4 is 5.32 Å². The molecule has 0 radical (unpaired) electrons. The lowest BCUT2D eigenvalue weighted by Gasteiger charge is -2.16. The predicted molar refractivity (Wildman–Crippen MR) is 56.8 cm³/mol. The minimum absolute atomic E-state index is 0.332. The van der Waals surface area contributed by atoms with Crippen LogP contribution in [-0.2, 0) is 0 Å². The van der Waals surface area contributed by atoms with Gasteiger partial charge in [-0.25, -0.2) is 0 Å². The van der Waals surface area contributed by atoms with Crippen LogP contribution in [0.2, 0.25) is 0 Å². The van der Waals surface area contributed by atoms with E-state index in [4.69, 9.17) is 0 Å². The van der Waals surface area contributed by atoms with Crippen LogP contribution in [-0.4, -0.2) is 34.9 Å². The number of nitrogens with one attached hydrogen (secondary N) is 1. The van der Waals surface area contributed by atoms with Gasteiger partial charge in [-0.2, -0.15) is 0 Å². The second-order valence-electron chi connectivity index (χ2n) is 2.97. The van der Waals surface area contributed by atoms with Gasteiger partial charge < -0.3 is 15.5 Å². The Bertz CT molecular complexity index is 279. The Hall–Kier alpha value is -0.490. The number of hydrogen-bond acceptors (Lipinski definition) is 4. The highest BCUT2D eigenvalue weighted by atomic mass is 79.9. The molecule has 0 aliphatic rings. The van der Waals surface area contributed by atoms with E-state index in [0.717, 1.165) is 4.47 Å². The summed E-state index contributed by atoms with van der Waals surface area (Å²) in [5, 5.41) is 21.9. The minimum atomic E-state index is -0.949. The lowest BCUT2D eigenvalue weighted by molar-refractivity contribution is 0.0176. The van der Waals surface area contributed by atoms with Crippen LogP contribution in [0.4, 0.5) is 0 Å². The SMILES string of the molecule is CNCC(O)C(O)c1ccc(Br)cn1. The second-order valence-corrected chi connectivity index (χ2v) is 3.89. The van der Waals surface area contributed by atoms with Crippen molar-refractivity contribution in [1.29, 1.82) is 0 Å². The van der Waals surface area contributed by atoms with Crippen LogP contribution in [0.15, 0.2) is 22.8 Å². The van der Waals surface area contributed by atoms with Crippen LogP contribution in [0.1, 0.15) is 11.8 Å². The Morgan fingerprint density at radius 1 is 1.50 bits per heavy atom. The third-order valence-electron chi connectivity index (χ3n) is 1.83. The first-order chi connectivity index (χ1) is 6.65. The minimum Gasteiger partial charge on any atom is -0.389 e. The van der Waals surface area contributed by atoms with E-state index in [1.807, 2.05) is 0 Å². The smallest absolute Gasteiger partial charge is 0.123 e. The molecule has 0 saturated heterocycles. The fourth-order valence-electron chi connectivity index (χ4n) is 1.08. The molecule has 2 atom stereocenters. The van der Waals surface area contributed by atoms with Crippen LogP contribution >= 0.6 is 15.9 Å². The molecule has 0 aliphatic heterocycles. The summed E-state index contributed by atoms with van der Waals surface area (Å²) in [6.07, 6.45) is -0.200. The summed E-state index contributed by atoms with van der Waals surface area (Å²) in [6, 6.07) is 3.45. The lowest BCUT2D eigenvalue weighted by atomic mass is 10.1. The van der Waals surface area contributed by atoms with Crippen molar-refractivity contribution in [2.75, 3.05) is 13.6 Å². The van der Waals surface area contributed by atoms with Gasteiger partial charge in [-0.1, -0.05) is 0 Å². The summed E-state index contributed by atoms with van der Waals surface area (Å²) < 4.78 is 0.844. The fraction of sp³-hybridized carbons (Fsp3) is 0.444. The van der Waals surface area contributed by atoms with Crippen molar-refractivity contribution >= 4 is 15.9 Å². The van der Waals surface area contributed by atoms with Crippen molar-refractivity contribution in [2.24, 2.45) is 0 Å². The molecular weight excluding hydrogens is 248 g/mol. The van der Waals surface area contributed by atoms with Gasteiger partial charge in [0.1, 0.15) is 6.10 Å². The molecule has 0 bridgehead atoms. The predicted octanol–water partition coefficient (Wildman–Crippen LogP) is 0.458. The molecule has 4 nitrogen and oxygen atoms in total. The van der Waals surface area contributed by atoms with Crippen LogP contribution in [0, 0.1) is 0 Å². The first kappa shape index (κ1) is 11.6. The molecule has 0 spiro atoms. The number of pyridine rings is 1. The zero-order valence-electron chi connectivity index (χ0n) is 7.81. The molecule has 0 aromatic carbocycles. The maximum atomic E-state index is 9.64. The zero-order valence-corrected chi connectivity index (χ0v) is 9.40. The molecule has 0 fully saturated rings. The molecule has 1 rings (SSSR count). The molecule has 1 aromatic rings. The fourth-order valence-corrected chi connectivity index (χ4v) is 1.31. The summed E-state index contributed by atoms with van der Waals surface area (Å²) in [6.45, 7) is 0.332. The van der Waals surface area contributed by atoms with Gasteiger partial charge in [-0.05, 0) is 35.1 Å². The lowest BCUT2D eigenvalue weighted by Crippen LogP contribution is -2.29. The summed E-state index contributed by atoms with van der Waals surface area (Å²) in [4.78, 5) is 4.00. The number of halogens is 1. The molecule has 0 saturated carbocycles. The van der Waals surface area contributed by atoms with Crippen molar-refractivity contribution in [3.05, 3.63) is 28.5 Å². The number of rotatable bonds is 4. The standard InChI is InChI=1S/C9H13BrN2O2/c1-11-5-8(13)9(14)7-3-2-6(10)4-12-7/h2-4,8-9,11,13-14H,5H2,1H3. The van der Waals surface area contributed by atoms with Crippen molar-refractivity contribution in [2.45, 2.75) is 12.2 Å². The van der Waals surface area contributed by atoms with Gasteiger partial charge in [0.25, 0.3) is 0 Å². The zero-order chi connectivity index (χ0) is 10.6. The van der Waals surface area contributed by atoms with Gasteiger partial charge >= 0.3 is 0 Å². The highest BCUT2D eigenvalue weighted by Crippen LogP contribution is 2.16. The third-order valence-corrected chi connectivity index (χ3v) is 2.30. The molecule has 3 N–H and O–H groups in total. The van der Waals surface area contributed by atoms with E-state index in [-0.39, 0.29) is 0 Å². The molecule has 0 aliphatic carbocycles. The Balaban J connectivity index is 2.68. The Labute approximate surface area is 91.1 Å². The average Bonchev–Trinajstić information content (AvgIpc) is 2.18. The summed E-state index contributed by atoms with van der Waals surface area (Å²) in [5.41, 5.74) is 0.468. The molecular formula is C9H13BrN2O2. The van der Waals surface area contributed by atoms with E-state index in [9.17, 15) is 10.2 Å². The normalized spacial score (nSPS) is 15.1. The van der Waals surface area contributed by atoms with Crippen LogP contribution in [0.25, 0.3) is 0 Å². The Kier molecular flexibility index (Phi) is 4.47. The maximum Gasteiger partial charge on any atom is 0.123 e. The number of aliphatic hydroxyl groups excluding tert-OH is 2. The number of likely N-dealkylation sites (N-methyl/N-ethyl adjacent to an activating group) is 1. The number of hydrogen-bond donors (Lipinski definition) is 3. The molecule has 2 unspecified atom stereocenters. The van der Waals surface area contributed by atoms with Gasteiger partial charge in [0, 0.05) is 17.2 Å². The van der Waals surface area contributed by atoms with Gasteiger partial charge in [-0.3, -0.25) is 4.98 Å². The van der Waals surface area contributed by atoms with Gasteiger partial charge in [-0.15, -0.1) is 0 Å². The van der Waals surface area contributed by atoms with Crippen LogP contribution in [0.5, 0.6) is 0 Å². The van der Waals surface area contributed by atoms with E-state index >= 15 is 0 Å². The topological polar surface area (TPSA) is 65.4 Å². The molecule has 5 heteroatoms. The first-order valence-corrected chi connectivity index (χ1v) is 5.06. The summed E-state index contributed by atoms with van der Waals surface area (Å²) in [5.74, 6) is 0. The number of aliphatic hydroxyl groups is 2. The number of nitrogens with zero attached hydrogens (tertiary/aromatic N) is 1. The third kappa shape index (κ3) is 3.02.